The highest BCUT2D eigenvalue weighted by Gasteiger charge is 2.01. The zero-order valence-corrected chi connectivity index (χ0v) is 8.40. The van der Waals surface area contributed by atoms with Crippen molar-refractivity contribution in [2.24, 2.45) is 0 Å². The van der Waals surface area contributed by atoms with Gasteiger partial charge in [0.05, 0.1) is 0 Å². The molecular formula is C10H18BO3. The molecule has 1 atom stereocenters. The summed E-state index contributed by atoms with van der Waals surface area (Å²) < 4.78 is 0. The average Bonchev–Trinajstić information content (AvgIpc) is 2.16. The monoisotopic (exact) mass is 197 g/mol. The van der Waals surface area contributed by atoms with Gasteiger partial charge in [-0.15, -0.1) is 0 Å². The van der Waals surface area contributed by atoms with Crippen LogP contribution in [0.2, 0.25) is 6.32 Å². The summed E-state index contributed by atoms with van der Waals surface area (Å²) >= 11 is 0. The second kappa shape index (κ2) is 8.75. The highest BCUT2D eigenvalue weighted by Crippen LogP contribution is 1.96. The molecule has 0 aliphatic rings. The zero-order valence-electron chi connectivity index (χ0n) is 8.40. The van der Waals surface area contributed by atoms with Crippen LogP contribution in [-0.4, -0.2) is 29.4 Å². The van der Waals surface area contributed by atoms with Crippen LogP contribution < -0.4 is 5.46 Å². The largest absolute Gasteiger partial charge is 0.412 e. The van der Waals surface area contributed by atoms with Crippen LogP contribution in [0.25, 0.3) is 0 Å². The fraction of sp³-hybridized carbons (Fsp3) is 0.400. The van der Waals surface area contributed by atoms with Gasteiger partial charge in [0.1, 0.15) is 0 Å². The molecule has 0 saturated carbocycles. The Kier molecular flexibility index (Phi) is 9.77. The highest BCUT2D eigenvalue weighted by atomic mass is 16.3. The Balaban J connectivity index is 0. The Hall–Kier alpha value is -0.835. The van der Waals surface area contributed by atoms with Crippen LogP contribution in [0.4, 0.5) is 0 Å². The first-order valence-electron chi connectivity index (χ1n) is 4.39. The minimum atomic E-state index is -0.190. The van der Waals surface area contributed by atoms with Gasteiger partial charge < -0.3 is 16.1 Å². The Morgan fingerprint density at radius 2 is 1.79 bits per heavy atom. The van der Waals surface area contributed by atoms with Crippen LogP contribution >= 0.6 is 0 Å². The maximum Gasteiger partial charge on any atom is 0.154 e. The van der Waals surface area contributed by atoms with E-state index in [2.05, 4.69) is 7.28 Å². The van der Waals surface area contributed by atoms with E-state index in [1.807, 2.05) is 37.3 Å². The van der Waals surface area contributed by atoms with Crippen molar-refractivity contribution < 1.29 is 16.1 Å². The molecule has 0 spiro atoms. The normalized spacial score (nSPS) is 10.7. The molecule has 0 saturated heterocycles. The van der Waals surface area contributed by atoms with Crippen molar-refractivity contribution in [1.29, 1.82) is 0 Å². The molecule has 1 aromatic rings. The summed E-state index contributed by atoms with van der Waals surface area (Å²) in [6.45, 7) is 1.99. The number of rotatable bonds is 4. The lowest BCUT2D eigenvalue weighted by atomic mass is 9.65. The van der Waals surface area contributed by atoms with Crippen molar-refractivity contribution in [1.82, 2.24) is 0 Å². The van der Waals surface area contributed by atoms with Gasteiger partial charge in [0.2, 0.25) is 0 Å². The average molecular weight is 197 g/mol. The molecule has 79 valence electrons. The van der Waals surface area contributed by atoms with E-state index >= 15 is 0 Å². The van der Waals surface area contributed by atoms with Crippen LogP contribution in [-0.2, 0) is 0 Å². The topological polar surface area (TPSA) is 83.2 Å². The van der Waals surface area contributed by atoms with E-state index in [0.717, 1.165) is 12.7 Å². The van der Waals surface area contributed by atoms with Crippen LogP contribution in [0.5, 0.6) is 0 Å². The van der Waals surface area contributed by atoms with Crippen LogP contribution in [0.3, 0.4) is 0 Å². The smallest absolute Gasteiger partial charge is 0.154 e. The third-order valence-corrected chi connectivity index (χ3v) is 1.90. The maximum atomic E-state index is 9.29. The zero-order chi connectivity index (χ0) is 8.81. The van der Waals surface area contributed by atoms with Crippen molar-refractivity contribution in [3.8, 4) is 0 Å². The lowest BCUT2D eigenvalue weighted by molar-refractivity contribution is 0.191. The van der Waals surface area contributed by atoms with Crippen molar-refractivity contribution in [2.75, 3.05) is 0 Å². The molecule has 0 aromatic heterocycles. The number of aliphatic hydroxyl groups excluding tert-OH is 1. The predicted octanol–water partition coefficient (Wildman–Crippen LogP) is -0.444. The summed E-state index contributed by atoms with van der Waals surface area (Å²) in [4.78, 5) is 0. The molecule has 0 aliphatic carbocycles. The molecule has 1 rings (SSSR count). The fourth-order valence-corrected chi connectivity index (χ4v) is 1.03. The van der Waals surface area contributed by atoms with Gasteiger partial charge in [0.25, 0.3) is 0 Å². The van der Waals surface area contributed by atoms with Gasteiger partial charge in [0, 0.05) is 6.10 Å². The van der Waals surface area contributed by atoms with E-state index in [1.54, 1.807) is 0 Å². The third-order valence-electron chi connectivity index (χ3n) is 1.90. The lowest BCUT2D eigenvalue weighted by Crippen LogP contribution is -2.18. The molecule has 0 heterocycles. The molecule has 1 radical (unpaired) electrons. The molecule has 4 heteroatoms. The Bertz CT molecular complexity index is 216. The molecule has 0 aliphatic heterocycles. The summed E-state index contributed by atoms with van der Waals surface area (Å²) in [5, 5.41) is 9.29. The van der Waals surface area contributed by atoms with Crippen LogP contribution in [0.15, 0.2) is 30.3 Å². The number of aliphatic hydroxyl groups is 1. The van der Waals surface area contributed by atoms with Gasteiger partial charge in [-0.2, -0.15) is 0 Å². The fourth-order valence-electron chi connectivity index (χ4n) is 1.03. The van der Waals surface area contributed by atoms with Gasteiger partial charge >= 0.3 is 0 Å². The molecule has 1 aromatic carbocycles. The van der Waals surface area contributed by atoms with E-state index in [9.17, 15) is 5.11 Å². The van der Waals surface area contributed by atoms with Crippen LogP contribution in [0.1, 0.15) is 13.3 Å². The molecule has 0 amide bonds. The van der Waals surface area contributed by atoms with E-state index in [1.165, 1.54) is 5.46 Å². The minimum absolute atomic E-state index is 0. The number of hydrogen-bond donors (Lipinski definition) is 1. The van der Waals surface area contributed by atoms with E-state index in [-0.39, 0.29) is 17.1 Å². The van der Waals surface area contributed by atoms with E-state index in [4.69, 9.17) is 0 Å². The summed E-state index contributed by atoms with van der Waals surface area (Å²) in [6.07, 6.45) is 1.38. The Morgan fingerprint density at radius 3 is 2.29 bits per heavy atom. The van der Waals surface area contributed by atoms with Gasteiger partial charge in [-0.1, -0.05) is 42.7 Å². The Morgan fingerprint density at radius 1 is 1.21 bits per heavy atom. The van der Waals surface area contributed by atoms with Gasteiger partial charge in [0.15, 0.2) is 7.28 Å². The molecule has 1 unspecified atom stereocenters. The minimum Gasteiger partial charge on any atom is -0.412 e. The number of hydrogen-bond acceptors (Lipinski definition) is 1. The molecule has 0 fully saturated rings. The summed E-state index contributed by atoms with van der Waals surface area (Å²) in [6, 6.07) is 10.1. The maximum absolute atomic E-state index is 9.29. The first-order chi connectivity index (χ1) is 5.83. The van der Waals surface area contributed by atoms with Crippen LogP contribution in [0, 0.1) is 0 Å². The third kappa shape index (κ3) is 5.75. The van der Waals surface area contributed by atoms with Crippen molar-refractivity contribution in [2.45, 2.75) is 25.8 Å². The van der Waals surface area contributed by atoms with Crippen molar-refractivity contribution in [3.05, 3.63) is 30.3 Å². The predicted molar refractivity (Wildman–Crippen MR) is 60.2 cm³/mol. The summed E-state index contributed by atoms with van der Waals surface area (Å²) in [5.74, 6) is 0. The molecule has 3 nitrogen and oxygen atoms in total. The van der Waals surface area contributed by atoms with Gasteiger partial charge in [-0.25, -0.2) is 0 Å². The van der Waals surface area contributed by atoms with Gasteiger partial charge in [-0.05, 0) is 12.7 Å². The highest BCUT2D eigenvalue weighted by molar-refractivity contribution is 6.53. The molecule has 14 heavy (non-hydrogen) atoms. The molecule has 0 bridgehead atoms. The summed E-state index contributed by atoms with van der Waals surface area (Å²) in [7, 11) is 2.06. The quantitative estimate of drug-likeness (QED) is 0.651. The van der Waals surface area contributed by atoms with Crippen molar-refractivity contribution in [3.63, 3.8) is 0 Å². The van der Waals surface area contributed by atoms with E-state index in [0.29, 0.717) is 0 Å². The summed E-state index contributed by atoms with van der Waals surface area (Å²) in [5.41, 5.74) is 1.19. The van der Waals surface area contributed by atoms with E-state index < -0.39 is 0 Å². The second-order valence-corrected chi connectivity index (χ2v) is 2.91. The van der Waals surface area contributed by atoms with Gasteiger partial charge in [-0.3, -0.25) is 0 Å². The second-order valence-electron chi connectivity index (χ2n) is 2.91. The first-order valence-corrected chi connectivity index (χ1v) is 4.39. The van der Waals surface area contributed by atoms with Crippen molar-refractivity contribution >= 4 is 12.7 Å². The molecule has 5 N–H and O–H groups in total. The number of benzene rings is 1. The molecular weight excluding hydrogens is 179 g/mol. The lowest BCUT2D eigenvalue weighted by Gasteiger charge is -2.05. The Labute approximate surface area is 85.6 Å². The first kappa shape index (κ1) is 15.6. The standard InChI is InChI=1S/C10H14BO.2H2O/c1-2-10(12)8-11-9-6-4-3-5-7-9;;/h3-7,10,12H,2,8H2,1H3;2*1H2. The SMILES string of the molecule is CCC(O)C[B]c1ccccc1.O.O.